The van der Waals surface area contributed by atoms with Gasteiger partial charge in [-0.2, -0.15) is 5.10 Å². The van der Waals surface area contributed by atoms with E-state index in [2.05, 4.69) is 14.9 Å². The summed E-state index contributed by atoms with van der Waals surface area (Å²) >= 11 is 5.90. The maximum atomic E-state index is 12.3. The van der Waals surface area contributed by atoms with E-state index >= 15 is 0 Å². The van der Waals surface area contributed by atoms with Crippen LogP contribution in [0.1, 0.15) is 12.5 Å². The Morgan fingerprint density at radius 2 is 2.21 bits per heavy atom. The highest BCUT2D eigenvalue weighted by atomic mass is 35.5. The number of nitrogens with zero attached hydrogens (tertiary/aromatic N) is 1. The van der Waals surface area contributed by atoms with Crippen LogP contribution in [0.15, 0.2) is 29.3 Å². The van der Waals surface area contributed by atoms with Crippen LogP contribution in [0, 0.1) is 0 Å². The van der Waals surface area contributed by atoms with Gasteiger partial charge in [0.15, 0.2) is 0 Å². The Bertz CT molecular complexity index is 676. The summed E-state index contributed by atoms with van der Waals surface area (Å²) in [4.78, 5) is -0.131. The van der Waals surface area contributed by atoms with Gasteiger partial charge in [0.2, 0.25) is 0 Å². The quantitative estimate of drug-likeness (QED) is 0.752. The summed E-state index contributed by atoms with van der Waals surface area (Å²) in [5.74, 6) is 0.321. The number of halogens is 1. The number of hydrogen-bond donors (Lipinski definition) is 3. The number of aromatic nitrogens is 2. The molecule has 8 heteroatoms. The molecule has 1 aromatic heterocycles. The summed E-state index contributed by atoms with van der Waals surface area (Å²) in [5.41, 5.74) is 6.53. The molecule has 2 aromatic rings. The molecule has 102 valence electrons. The molecule has 0 radical (unpaired) electrons. The van der Waals surface area contributed by atoms with Gasteiger partial charge in [0.1, 0.15) is 10.7 Å². The van der Waals surface area contributed by atoms with Crippen molar-refractivity contribution in [2.24, 2.45) is 0 Å². The van der Waals surface area contributed by atoms with Gasteiger partial charge >= 0.3 is 0 Å². The molecule has 0 saturated heterocycles. The maximum Gasteiger partial charge on any atom is 0.266 e. The molecule has 0 spiro atoms. The summed E-state index contributed by atoms with van der Waals surface area (Å²) in [6.45, 7) is 1.90. The van der Waals surface area contributed by atoms with Gasteiger partial charge in [0, 0.05) is 5.56 Å². The predicted octanol–water partition coefficient (Wildman–Crippen LogP) is 2.01. The molecule has 0 aliphatic carbocycles. The molecule has 1 heterocycles. The SMILES string of the molecule is CCc1cn[nH]c1NS(=O)(=O)c1c(N)cccc1Cl. The average molecular weight is 301 g/mol. The second-order valence-corrected chi connectivity index (χ2v) is 5.91. The topological polar surface area (TPSA) is 101 Å². The molecule has 0 atom stereocenters. The van der Waals surface area contributed by atoms with E-state index in [0.717, 1.165) is 5.56 Å². The molecule has 0 bridgehead atoms. The summed E-state index contributed by atoms with van der Waals surface area (Å²) in [5, 5.41) is 6.47. The lowest BCUT2D eigenvalue weighted by molar-refractivity contribution is 0.601. The molecule has 0 unspecified atom stereocenters. The van der Waals surface area contributed by atoms with Gasteiger partial charge in [-0.05, 0) is 18.6 Å². The lowest BCUT2D eigenvalue weighted by Crippen LogP contribution is -2.16. The molecule has 19 heavy (non-hydrogen) atoms. The molecule has 4 N–H and O–H groups in total. The van der Waals surface area contributed by atoms with Crippen molar-refractivity contribution in [1.82, 2.24) is 10.2 Å². The number of benzene rings is 1. The first kappa shape index (κ1) is 13.7. The summed E-state index contributed by atoms with van der Waals surface area (Å²) < 4.78 is 27.0. The van der Waals surface area contributed by atoms with Crippen molar-refractivity contribution < 1.29 is 8.42 Å². The number of hydrogen-bond acceptors (Lipinski definition) is 4. The Morgan fingerprint density at radius 3 is 2.84 bits per heavy atom. The van der Waals surface area contributed by atoms with Gasteiger partial charge < -0.3 is 5.73 Å². The number of aryl methyl sites for hydroxylation is 1. The van der Waals surface area contributed by atoms with Crippen molar-refractivity contribution in [3.63, 3.8) is 0 Å². The number of anilines is 2. The van der Waals surface area contributed by atoms with Crippen LogP contribution in [0.5, 0.6) is 0 Å². The number of aromatic amines is 1. The van der Waals surface area contributed by atoms with Gasteiger partial charge in [-0.3, -0.25) is 9.82 Å². The highest BCUT2D eigenvalue weighted by Gasteiger charge is 2.22. The van der Waals surface area contributed by atoms with Gasteiger partial charge in [0.05, 0.1) is 16.9 Å². The first-order valence-corrected chi connectivity index (χ1v) is 7.41. The van der Waals surface area contributed by atoms with Gasteiger partial charge in [-0.25, -0.2) is 8.42 Å². The number of H-pyrrole nitrogens is 1. The summed E-state index contributed by atoms with van der Waals surface area (Å²) in [7, 11) is -3.86. The second-order valence-electron chi connectivity index (χ2n) is 3.89. The normalized spacial score (nSPS) is 11.5. The van der Waals surface area contributed by atoms with Crippen LogP contribution in [0.25, 0.3) is 0 Å². The number of rotatable bonds is 4. The average Bonchev–Trinajstić information content (AvgIpc) is 2.74. The lowest BCUT2D eigenvalue weighted by atomic mass is 10.3. The van der Waals surface area contributed by atoms with E-state index in [0.29, 0.717) is 12.2 Å². The monoisotopic (exact) mass is 300 g/mol. The van der Waals surface area contributed by atoms with E-state index in [4.69, 9.17) is 17.3 Å². The van der Waals surface area contributed by atoms with E-state index in [1.165, 1.54) is 12.1 Å². The van der Waals surface area contributed by atoms with Gasteiger partial charge in [-0.1, -0.05) is 24.6 Å². The van der Waals surface area contributed by atoms with Crippen LogP contribution in [-0.2, 0) is 16.4 Å². The fourth-order valence-electron chi connectivity index (χ4n) is 1.66. The summed E-state index contributed by atoms with van der Waals surface area (Å²) in [6, 6.07) is 4.54. The van der Waals surface area contributed by atoms with Gasteiger partial charge in [0.25, 0.3) is 10.0 Å². The molecule has 0 fully saturated rings. The molecule has 0 saturated carbocycles. The zero-order chi connectivity index (χ0) is 14.0. The van der Waals surface area contributed by atoms with Crippen LogP contribution >= 0.6 is 11.6 Å². The zero-order valence-electron chi connectivity index (χ0n) is 10.1. The van der Waals surface area contributed by atoms with E-state index in [1.54, 1.807) is 12.3 Å². The van der Waals surface area contributed by atoms with Crippen LogP contribution < -0.4 is 10.5 Å². The third-order valence-corrected chi connectivity index (χ3v) is 4.49. The molecule has 1 aromatic carbocycles. The molecule has 2 rings (SSSR count). The van der Waals surface area contributed by atoms with Crippen molar-refractivity contribution in [2.75, 3.05) is 10.5 Å². The standard InChI is InChI=1S/C11H13ClN4O2S/c1-2-7-6-14-15-11(7)16-19(17,18)10-8(12)4-3-5-9(10)13/h3-6H,2,13H2,1H3,(H2,14,15,16). The van der Waals surface area contributed by atoms with E-state index in [1.807, 2.05) is 6.92 Å². The minimum atomic E-state index is -3.86. The van der Waals surface area contributed by atoms with E-state index < -0.39 is 10.0 Å². The fourth-order valence-corrected chi connectivity index (χ4v) is 3.40. The Hall–Kier alpha value is -1.73. The molecular weight excluding hydrogens is 288 g/mol. The van der Waals surface area contributed by atoms with E-state index in [9.17, 15) is 8.42 Å². The highest BCUT2D eigenvalue weighted by molar-refractivity contribution is 7.93. The minimum absolute atomic E-state index is 0.0741. The van der Waals surface area contributed by atoms with E-state index in [-0.39, 0.29) is 15.6 Å². The third kappa shape index (κ3) is 2.66. The van der Waals surface area contributed by atoms with Gasteiger partial charge in [-0.15, -0.1) is 0 Å². The fraction of sp³-hybridized carbons (Fsp3) is 0.182. The molecule has 0 aliphatic heterocycles. The number of nitrogen functional groups attached to an aromatic ring is 1. The van der Waals surface area contributed by atoms with Crippen LogP contribution in [0.4, 0.5) is 11.5 Å². The molecule has 6 nitrogen and oxygen atoms in total. The van der Waals surface area contributed by atoms with Crippen molar-refractivity contribution in [1.29, 1.82) is 0 Å². The maximum absolute atomic E-state index is 12.3. The van der Waals surface area contributed by atoms with Crippen LogP contribution in [0.2, 0.25) is 5.02 Å². The second kappa shape index (κ2) is 5.10. The largest absolute Gasteiger partial charge is 0.398 e. The Balaban J connectivity index is 2.44. The van der Waals surface area contributed by atoms with Crippen LogP contribution in [-0.4, -0.2) is 18.6 Å². The smallest absolute Gasteiger partial charge is 0.266 e. The van der Waals surface area contributed by atoms with Crippen molar-refractivity contribution in [2.45, 2.75) is 18.2 Å². The number of nitrogens with two attached hydrogens (primary N) is 1. The third-order valence-electron chi connectivity index (χ3n) is 2.60. The first-order chi connectivity index (χ1) is 8.95. The molecular formula is C11H13ClN4O2S. The predicted molar refractivity (Wildman–Crippen MR) is 74.6 cm³/mol. The number of sulfonamides is 1. The van der Waals surface area contributed by atoms with Crippen molar-refractivity contribution in [3.8, 4) is 0 Å². The zero-order valence-corrected chi connectivity index (χ0v) is 11.7. The first-order valence-electron chi connectivity index (χ1n) is 5.54. The van der Waals surface area contributed by atoms with Crippen molar-refractivity contribution in [3.05, 3.63) is 35.0 Å². The number of nitrogens with one attached hydrogen (secondary N) is 2. The van der Waals surface area contributed by atoms with Crippen LogP contribution in [0.3, 0.4) is 0 Å². The Labute approximate surface area is 116 Å². The molecule has 0 aliphatic rings. The highest BCUT2D eigenvalue weighted by Crippen LogP contribution is 2.29. The Kier molecular flexibility index (Phi) is 3.68. The lowest BCUT2D eigenvalue weighted by Gasteiger charge is -2.11. The molecule has 0 amide bonds. The minimum Gasteiger partial charge on any atom is -0.398 e. The summed E-state index contributed by atoms with van der Waals surface area (Å²) in [6.07, 6.45) is 2.21. The Morgan fingerprint density at radius 1 is 1.47 bits per heavy atom. The van der Waals surface area contributed by atoms with Crippen molar-refractivity contribution >= 4 is 33.1 Å².